The van der Waals surface area contributed by atoms with E-state index >= 15 is 0 Å². The van der Waals surface area contributed by atoms with Crippen LogP contribution >= 0.6 is 0 Å². The molecule has 0 bridgehead atoms. The van der Waals surface area contributed by atoms with Crippen molar-refractivity contribution in [3.63, 3.8) is 0 Å². The maximum Gasteiger partial charge on any atom is 0.0423 e. The molecule has 2 nitrogen and oxygen atoms in total. The monoisotopic (exact) mass is 190 g/mol. The highest BCUT2D eigenvalue weighted by atomic mass is 14.7. The van der Waals surface area contributed by atoms with Crippen molar-refractivity contribution in [1.29, 1.82) is 0 Å². The van der Waals surface area contributed by atoms with E-state index in [1.165, 1.54) is 18.4 Å². The second-order valence-corrected chi connectivity index (χ2v) is 4.41. The molecular weight excluding hydrogens is 172 g/mol. The molecule has 14 heavy (non-hydrogen) atoms. The molecule has 0 amide bonds. The van der Waals surface area contributed by atoms with Gasteiger partial charge < -0.3 is 5.73 Å². The van der Waals surface area contributed by atoms with Gasteiger partial charge in [0.25, 0.3) is 0 Å². The van der Waals surface area contributed by atoms with E-state index in [-0.39, 0.29) is 6.04 Å². The van der Waals surface area contributed by atoms with Crippen LogP contribution < -0.4 is 5.73 Å². The lowest BCUT2D eigenvalue weighted by Gasteiger charge is -2.13. The summed E-state index contributed by atoms with van der Waals surface area (Å²) >= 11 is 0. The summed E-state index contributed by atoms with van der Waals surface area (Å²) in [5, 5.41) is 0. The number of aryl methyl sites for hydroxylation is 2. The molecule has 2 heteroatoms. The molecule has 1 aromatic rings. The Labute approximate surface area is 85.5 Å². The van der Waals surface area contributed by atoms with Crippen LogP contribution in [0, 0.1) is 19.8 Å². The van der Waals surface area contributed by atoms with Gasteiger partial charge in [0.2, 0.25) is 0 Å². The van der Waals surface area contributed by atoms with Crippen molar-refractivity contribution >= 4 is 0 Å². The summed E-state index contributed by atoms with van der Waals surface area (Å²) in [6.45, 7) is 4.07. The van der Waals surface area contributed by atoms with Gasteiger partial charge in [-0.2, -0.15) is 0 Å². The van der Waals surface area contributed by atoms with Gasteiger partial charge in [0.05, 0.1) is 0 Å². The Bertz CT molecular complexity index is 329. The average Bonchev–Trinajstić information content (AvgIpc) is 2.87. The smallest absolute Gasteiger partial charge is 0.0423 e. The van der Waals surface area contributed by atoms with Crippen LogP contribution in [0.4, 0.5) is 0 Å². The second-order valence-electron chi connectivity index (χ2n) is 4.41. The predicted molar refractivity (Wildman–Crippen MR) is 58.0 cm³/mol. The molecule has 0 aromatic carbocycles. The van der Waals surface area contributed by atoms with Gasteiger partial charge in [0, 0.05) is 17.4 Å². The molecule has 1 aliphatic rings. The number of hydrogen-bond acceptors (Lipinski definition) is 2. The molecule has 76 valence electrons. The summed E-state index contributed by atoms with van der Waals surface area (Å²) in [5.74, 6) is 0.880. The second kappa shape index (κ2) is 3.70. The topological polar surface area (TPSA) is 38.9 Å². The lowest BCUT2D eigenvalue weighted by atomic mass is 10.0. The zero-order valence-electron chi connectivity index (χ0n) is 8.96. The Morgan fingerprint density at radius 3 is 2.71 bits per heavy atom. The van der Waals surface area contributed by atoms with E-state index in [0.717, 1.165) is 23.7 Å². The van der Waals surface area contributed by atoms with Crippen molar-refractivity contribution in [3.8, 4) is 0 Å². The van der Waals surface area contributed by atoms with Gasteiger partial charge in [0.15, 0.2) is 0 Å². The van der Waals surface area contributed by atoms with Gasteiger partial charge in [-0.1, -0.05) is 18.9 Å². The van der Waals surface area contributed by atoms with Gasteiger partial charge in [-0.3, -0.25) is 4.98 Å². The lowest BCUT2D eigenvalue weighted by Crippen LogP contribution is -2.13. The average molecular weight is 190 g/mol. The molecule has 0 saturated heterocycles. The van der Waals surface area contributed by atoms with Crippen LogP contribution in [-0.2, 0) is 0 Å². The van der Waals surface area contributed by atoms with Crippen molar-refractivity contribution in [2.45, 2.75) is 39.2 Å². The van der Waals surface area contributed by atoms with E-state index in [2.05, 4.69) is 24.0 Å². The van der Waals surface area contributed by atoms with E-state index < -0.39 is 0 Å². The summed E-state index contributed by atoms with van der Waals surface area (Å²) in [6.07, 6.45) is 3.86. The minimum atomic E-state index is 0.190. The number of nitrogens with zero attached hydrogens (tertiary/aromatic N) is 1. The summed E-state index contributed by atoms with van der Waals surface area (Å²) in [6, 6.07) is 4.37. The van der Waals surface area contributed by atoms with Crippen LogP contribution in [0.5, 0.6) is 0 Å². The third-order valence-corrected chi connectivity index (χ3v) is 2.95. The van der Waals surface area contributed by atoms with E-state index in [0.29, 0.717) is 0 Å². The SMILES string of the molecule is Cc1ccc(C(N)CC2CC2)c(C)n1. The van der Waals surface area contributed by atoms with Crippen LogP contribution in [0.1, 0.15) is 42.3 Å². The van der Waals surface area contributed by atoms with Crippen LogP contribution in [0.25, 0.3) is 0 Å². The Kier molecular flexibility index (Phi) is 2.55. The highest BCUT2D eigenvalue weighted by Crippen LogP contribution is 2.37. The number of nitrogens with two attached hydrogens (primary N) is 1. The van der Waals surface area contributed by atoms with Crippen LogP contribution in [0.3, 0.4) is 0 Å². The van der Waals surface area contributed by atoms with Crippen molar-refractivity contribution in [3.05, 3.63) is 29.1 Å². The number of aromatic nitrogens is 1. The van der Waals surface area contributed by atoms with Gasteiger partial charge in [-0.15, -0.1) is 0 Å². The first-order valence-electron chi connectivity index (χ1n) is 5.36. The number of rotatable bonds is 3. The number of pyridine rings is 1. The largest absolute Gasteiger partial charge is 0.324 e. The van der Waals surface area contributed by atoms with E-state index in [4.69, 9.17) is 5.73 Å². The normalized spacial score (nSPS) is 18.2. The fourth-order valence-corrected chi connectivity index (χ4v) is 1.93. The highest BCUT2D eigenvalue weighted by molar-refractivity contribution is 5.24. The van der Waals surface area contributed by atoms with Gasteiger partial charge >= 0.3 is 0 Å². The Morgan fingerprint density at radius 1 is 1.43 bits per heavy atom. The number of hydrogen-bond donors (Lipinski definition) is 1. The summed E-state index contributed by atoms with van der Waals surface area (Å²) in [5.41, 5.74) is 9.54. The Balaban J connectivity index is 2.13. The van der Waals surface area contributed by atoms with Crippen LogP contribution in [0.2, 0.25) is 0 Å². The third kappa shape index (κ3) is 2.13. The molecule has 1 fully saturated rings. The van der Waals surface area contributed by atoms with E-state index in [1.807, 2.05) is 6.92 Å². The third-order valence-electron chi connectivity index (χ3n) is 2.95. The van der Waals surface area contributed by atoms with Crippen LogP contribution in [-0.4, -0.2) is 4.98 Å². The zero-order valence-corrected chi connectivity index (χ0v) is 8.96. The Morgan fingerprint density at radius 2 is 2.14 bits per heavy atom. The molecule has 0 aliphatic heterocycles. The molecule has 0 spiro atoms. The first-order valence-corrected chi connectivity index (χ1v) is 5.36. The van der Waals surface area contributed by atoms with Gasteiger partial charge in [-0.25, -0.2) is 0 Å². The molecule has 1 aliphatic carbocycles. The maximum absolute atomic E-state index is 6.15. The summed E-state index contributed by atoms with van der Waals surface area (Å²) < 4.78 is 0. The first-order chi connectivity index (χ1) is 6.66. The summed E-state index contributed by atoms with van der Waals surface area (Å²) in [4.78, 5) is 4.44. The van der Waals surface area contributed by atoms with Crippen LogP contribution in [0.15, 0.2) is 12.1 Å². The quantitative estimate of drug-likeness (QED) is 0.795. The molecular formula is C12H18N2. The zero-order chi connectivity index (χ0) is 10.1. The van der Waals surface area contributed by atoms with Crippen molar-refractivity contribution in [2.24, 2.45) is 11.7 Å². The predicted octanol–water partition coefficient (Wildman–Crippen LogP) is 2.50. The van der Waals surface area contributed by atoms with Crippen molar-refractivity contribution < 1.29 is 0 Å². The van der Waals surface area contributed by atoms with E-state index in [1.54, 1.807) is 0 Å². The molecule has 2 rings (SSSR count). The minimum absolute atomic E-state index is 0.190. The fraction of sp³-hybridized carbons (Fsp3) is 0.583. The first kappa shape index (κ1) is 9.66. The maximum atomic E-state index is 6.15. The highest BCUT2D eigenvalue weighted by Gasteiger charge is 2.25. The summed E-state index contributed by atoms with van der Waals surface area (Å²) in [7, 11) is 0. The standard InChI is InChI=1S/C12H18N2/c1-8-3-6-11(9(2)14-8)12(13)7-10-4-5-10/h3,6,10,12H,4-5,7,13H2,1-2H3. The molecule has 1 aromatic heterocycles. The molecule has 1 unspecified atom stereocenters. The van der Waals surface area contributed by atoms with Gasteiger partial charge in [0.1, 0.15) is 0 Å². The fourth-order valence-electron chi connectivity index (χ4n) is 1.93. The molecule has 1 atom stereocenters. The van der Waals surface area contributed by atoms with Crippen molar-refractivity contribution in [1.82, 2.24) is 4.98 Å². The Hall–Kier alpha value is -0.890. The molecule has 1 heterocycles. The van der Waals surface area contributed by atoms with Crippen molar-refractivity contribution in [2.75, 3.05) is 0 Å². The molecule has 0 radical (unpaired) electrons. The van der Waals surface area contributed by atoms with Gasteiger partial charge in [-0.05, 0) is 37.8 Å². The minimum Gasteiger partial charge on any atom is -0.324 e. The molecule has 1 saturated carbocycles. The lowest BCUT2D eigenvalue weighted by molar-refractivity contribution is 0.591. The van der Waals surface area contributed by atoms with E-state index in [9.17, 15) is 0 Å². The molecule has 2 N–H and O–H groups in total.